The van der Waals surface area contributed by atoms with E-state index >= 15 is 0 Å². The topological polar surface area (TPSA) is 120 Å². The van der Waals surface area contributed by atoms with Gasteiger partial charge in [0.15, 0.2) is 0 Å². The zero-order chi connectivity index (χ0) is 20.9. The number of hydrogen-bond donors (Lipinski definition) is 2. The summed E-state index contributed by atoms with van der Waals surface area (Å²) in [6.45, 7) is 0. The molecule has 30 heavy (non-hydrogen) atoms. The number of anilines is 1. The zero-order valence-electron chi connectivity index (χ0n) is 15.8. The van der Waals surface area contributed by atoms with Gasteiger partial charge in [-0.05, 0) is 42.7 Å². The van der Waals surface area contributed by atoms with Gasteiger partial charge >= 0.3 is 5.97 Å². The smallest absolute Gasteiger partial charge is 0.314 e. The van der Waals surface area contributed by atoms with Gasteiger partial charge in [-0.2, -0.15) is 10.4 Å². The number of carbonyl (C=O) groups is 1. The molecular weight excluding hydrogens is 382 g/mol. The summed E-state index contributed by atoms with van der Waals surface area (Å²) >= 11 is 0. The molecule has 1 aliphatic rings. The van der Waals surface area contributed by atoms with Gasteiger partial charge in [0.2, 0.25) is 5.95 Å². The first-order valence-corrected chi connectivity index (χ1v) is 9.35. The van der Waals surface area contributed by atoms with Gasteiger partial charge in [-0.1, -0.05) is 30.3 Å². The highest BCUT2D eigenvalue weighted by Crippen LogP contribution is 2.30. The fourth-order valence-corrected chi connectivity index (χ4v) is 2.74. The van der Waals surface area contributed by atoms with Crippen molar-refractivity contribution >= 4 is 18.1 Å². The quantitative estimate of drug-likeness (QED) is 0.284. The highest BCUT2D eigenvalue weighted by atomic mass is 16.5. The molecule has 1 aromatic heterocycles. The van der Waals surface area contributed by atoms with Gasteiger partial charge in [0.25, 0.3) is 5.56 Å². The molecule has 0 aliphatic heterocycles. The van der Waals surface area contributed by atoms with Crippen molar-refractivity contribution in [2.24, 2.45) is 11.0 Å². The van der Waals surface area contributed by atoms with E-state index in [1.807, 2.05) is 12.1 Å². The molecule has 2 N–H and O–H groups in total. The standard InChI is InChI=1S/C22H17N5O3/c23-12-18-19(15-4-2-1-3-5-15)25-22(26-20(18)28)27-24-13-14-6-10-17(11-7-14)30-21(29)16-8-9-16/h1-7,10-11,13,16H,8-9H2,(H2,25,26,27,28). The summed E-state index contributed by atoms with van der Waals surface area (Å²) in [4.78, 5) is 30.7. The molecule has 1 fully saturated rings. The average molecular weight is 399 g/mol. The number of benzene rings is 2. The van der Waals surface area contributed by atoms with E-state index in [-0.39, 0.29) is 29.1 Å². The lowest BCUT2D eigenvalue weighted by atomic mass is 10.1. The number of esters is 1. The Labute approximate surface area is 171 Å². The van der Waals surface area contributed by atoms with Crippen molar-refractivity contribution < 1.29 is 9.53 Å². The molecule has 0 radical (unpaired) electrons. The van der Waals surface area contributed by atoms with Crippen molar-refractivity contribution in [3.05, 3.63) is 76.1 Å². The Balaban J connectivity index is 1.47. The van der Waals surface area contributed by atoms with Crippen LogP contribution in [-0.2, 0) is 4.79 Å². The molecule has 8 heteroatoms. The van der Waals surface area contributed by atoms with E-state index in [1.165, 1.54) is 6.21 Å². The predicted molar refractivity (Wildman–Crippen MR) is 111 cm³/mol. The minimum Gasteiger partial charge on any atom is -0.426 e. The third-order valence-electron chi connectivity index (χ3n) is 4.47. The van der Waals surface area contributed by atoms with Gasteiger partial charge < -0.3 is 4.74 Å². The third kappa shape index (κ3) is 4.42. The number of ether oxygens (including phenoxy) is 1. The maximum absolute atomic E-state index is 12.2. The van der Waals surface area contributed by atoms with Crippen LogP contribution in [0.5, 0.6) is 5.75 Å². The van der Waals surface area contributed by atoms with E-state index in [0.29, 0.717) is 11.3 Å². The van der Waals surface area contributed by atoms with E-state index < -0.39 is 5.56 Å². The van der Waals surface area contributed by atoms with Crippen molar-refractivity contribution in [2.45, 2.75) is 12.8 Å². The number of hydrogen-bond acceptors (Lipinski definition) is 7. The van der Waals surface area contributed by atoms with Gasteiger partial charge in [-0.15, -0.1) is 0 Å². The predicted octanol–water partition coefficient (Wildman–Crippen LogP) is 3.07. The Bertz CT molecular complexity index is 1190. The van der Waals surface area contributed by atoms with Crippen LogP contribution >= 0.6 is 0 Å². The van der Waals surface area contributed by atoms with E-state index in [1.54, 1.807) is 48.5 Å². The van der Waals surface area contributed by atoms with Gasteiger partial charge in [0.05, 0.1) is 17.8 Å². The number of aromatic nitrogens is 2. The van der Waals surface area contributed by atoms with Crippen LogP contribution in [0.1, 0.15) is 24.0 Å². The maximum atomic E-state index is 12.2. The van der Waals surface area contributed by atoms with Crippen LogP contribution < -0.4 is 15.7 Å². The van der Waals surface area contributed by atoms with E-state index in [9.17, 15) is 14.9 Å². The molecule has 148 valence electrons. The number of carbonyl (C=O) groups excluding carboxylic acids is 1. The first-order chi connectivity index (χ1) is 14.6. The van der Waals surface area contributed by atoms with Crippen LogP contribution in [0.4, 0.5) is 5.95 Å². The van der Waals surface area contributed by atoms with E-state index in [2.05, 4.69) is 20.5 Å². The summed E-state index contributed by atoms with van der Waals surface area (Å²) in [6, 6.07) is 17.8. The third-order valence-corrected chi connectivity index (χ3v) is 4.47. The number of nitriles is 1. The van der Waals surface area contributed by atoms with Crippen LogP contribution in [0.2, 0.25) is 0 Å². The fourth-order valence-electron chi connectivity index (χ4n) is 2.74. The Morgan fingerprint density at radius 3 is 2.60 bits per heavy atom. The van der Waals surface area contributed by atoms with Gasteiger partial charge in [-0.3, -0.25) is 14.6 Å². The normalized spacial score (nSPS) is 13.0. The van der Waals surface area contributed by atoms with Crippen molar-refractivity contribution in [1.29, 1.82) is 5.26 Å². The lowest BCUT2D eigenvalue weighted by molar-refractivity contribution is -0.135. The Morgan fingerprint density at radius 2 is 1.93 bits per heavy atom. The summed E-state index contributed by atoms with van der Waals surface area (Å²) in [7, 11) is 0. The molecule has 8 nitrogen and oxygen atoms in total. The highest BCUT2D eigenvalue weighted by molar-refractivity contribution is 5.81. The van der Waals surface area contributed by atoms with Crippen molar-refractivity contribution in [1.82, 2.24) is 9.97 Å². The summed E-state index contributed by atoms with van der Waals surface area (Å²) in [6.07, 6.45) is 3.33. The number of nitrogens with zero attached hydrogens (tertiary/aromatic N) is 3. The molecule has 0 atom stereocenters. The van der Waals surface area contributed by atoms with Gasteiger partial charge in [-0.25, -0.2) is 10.4 Å². The highest BCUT2D eigenvalue weighted by Gasteiger charge is 2.31. The summed E-state index contributed by atoms with van der Waals surface area (Å²) < 4.78 is 5.28. The SMILES string of the molecule is N#Cc1c(-c2ccccc2)nc(NN=Cc2ccc(OC(=O)C3CC3)cc2)[nH]c1=O. The Morgan fingerprint density at radius 1 is 1.20 bits per heavy atom. The number of nitrogens with one attached hydrogen (secondary N) is 2. The van der Waals surface area contributed by atoms with Crippen LogP contribution in [-0.4, -0.2) is 22.2 Å². The average Bonchev–Trinajstić information content (AvgIpc) is 3.61. The summed E-state index contributed by atoms with van der Waals surface area (Å²) in [5.74, 6) is 0.452. The van der Waals surface area contributed by atoms with Crippen LogP contribution in [0.15, 0.2) is 64.5 Å². The molecule has 0 unspecified atom stereocenters. The molecule has 1 saturated carbocycles. The molecule has 0 saturated heterocycles. The van der Waals surface area contributed by atoms with Crippen LogP contribution in [0, 0.1) is 17.2 Å². The monoisotopic (exact) mass is 399 g/mol. The molecular formula is C22H17N5O3. The minimum atomic E-state index is -0.550. The summed E-state index contributed by atoms with van der Waals surface area (Å²) in [5, 5.41) is 13.4. The van der Waals surface area contributed by atoms with Crippen LogP contribution in [0.3, 0.4) is 0 Å². The molecule has 1 aliphatic carbocycles. The second-order valence-electron chi connectivity index (χ2n) is 6.75. The first-order valence-electron chi connectivity index (χ1n) is 9.35. The molecule has 4 rings (SSSR count). The maximum Gasteiger partial charge on any atom is 0.314 e. The number of rotatable bonds is 6. The second-order valence-corrected chi connectivity index (χ2v) is 6.75. The molecule has 0 spiro atoms. The first kappa shape index (κ1) is 19.1. The largest absolute Gasteiger partial charge is 0.426 e. The molecule has 3 aromatic rings. The van der Waals surface area contributed by atoms with E-state index in [0.717, 1.165) is 18.4 Å². The molecule has 0 bridgehead atoms. The Hall–Kier alpha value is -4.25. The van der Waals surface area contributed by atoms with Crippen LogP contribution in [0.25, 0.3) is 11.3 Å². The zero-order valence-corrected chi connectivity index (χ0v) is 15.8. The van der Waals surface area contributed by atoms with Crippen molar-refractivity contribution in [2.75, 3.05) is 5.43 Å². The molecule has 1 heterocycles. The number of hydrazone groups is 1. The number of H-pyrrole nitrogens is 1. The van der Waals surface area contributed by atoms with Gasteiger partial charge in [0.1, 0.15) is 17.4 Å². The van der Waals surface area contributed by atoms with Crippen molar-refractivity contribution in [3.8, 4) is 23.1 Å². The molecule has 2 aromatic carbocycles. The van der Waals surface area contributed by atoms with E-state index in [4.69, 9.17) is 4.74 Å². The second kappa shape index (κ2) is 8.41. The Kier molecular flexibility index (Phi) is 5.35. The van der Waals surface area contributed by atoms with Crippen molar-refractivity contribution in [3.63, 3.8) is 0 Å². The lowest BCUT2D eigenvalue weighted by Gasteiger charge is -2.06. The lowest BCUT2D eigenvalue weighted by Crippen LogP contribution is -2.16. The minimum absolute atomic E-state index is 0.0401. The fraction of sp³-hybridized carbons (Fsp3) is 0.136. The van der Waals surface area contributed by atoms with Gasteiger partial charge in [0, 0.05) is 5.56 Å². The number of aromatic amines is 1. The molecule has 0 amide bonds. The summed E-state index contributed by atoms with van der Waals surface area (Å²) in [5.41, 5.74) is 3.75.